The number of hydrogen-bond acceptors (Lipinski definition) is 1. The predicted molar refractivity (Wildman–Crippen MR) is 56.6 cm³/mol. The van der Waals surface area contributed by atoms with Gasteiger partial charge in [-0.05, 0) is 37.2 Å². The highest BCUT2D eigenvalue weighted by Crippen LogP contribution is 2.48. The molecule has 0 spiro atoms. The molecule has 0 unspecified atom stereocenters. The summed E-state index contributed by atoms with van der Waals surface area (Å²) >= 11 is 0. The van der Waals surface area contributed by atoms with Gasteiger partial charge in [0.1, 0.15) is 0 Å². The quantitative estimate of drug-likeness (QED) is 0.778. The highest BCUT2D eigenvalue weighted by atomic mass is 15.1. The Balaban J connectivity index is 2.02. The number of hydrogen-bond donors (Lipinski definition) is 1. The molecule has 2 aliphatic carbocycles. The molecule has 0 amide bonds. The van der Waals surface area contributed by atoms with Gasteiger partial charge in [-0.2, -0.15) is 5.10 Å². The van der Waals surface area contributed by atoms with E-state index < -0.39 is 0 Å². The molecule has 1 aromatic rings. The zero-order valence-corrected chi connectivity index (χ0v) is 9.01. The van der Waals surface area contributed by atoms with Crippen LogP contribution in [0.5, 0.6) is 0 Å². The molecular formula is C12H18N2. The molecule has 14 heavy (non-hydrogen) atoms. The number of aromatic amines is 1. The molecule has 2 fully saturated rings. The summed E-state index contributed by atoms with van der Waals surface area (Å²) in [5.74, 6) is 2.24. The van der Waals surface area contributed by atoms with Crippen molar-refractivity contribution in [3.05, 3.63) is 17.0 Å². The van der Waals surface area contributed by atoms with Crippen LogP contribution in [0.2, 0.25) is 0 Å². The van der Waals surface area contributed by atoms with Crippen LogP contribution >= 0.6 is 0 Å². The third-order valence-electron chi connectivity index (χ3n) is 3.39. The van der Waals surface area contributed by atoms with Gasteiger partial charge in [0.2, 0.25) is 0 Å². The first-order chi connectivity index (χ1) is 6.77. The van der Waals surface area contributed by atoms with E-state index in [1.807, 2.05) is 0 Å². The first kappa shape index (κ1) is 8.51. The summed E-state index contributed by atoms with van der Waals surface area (Å²) < 4.78 is 0. The second kappa shape index (κ2) is 2.85. The van der Waals surface area contributed by atoms with Crippen LogP contribution in [0.3, 0.4) is 0 Å². The number of rotatable bonds is 3. The van der Waals surface area contributed by atoms with E-state index in [1.54, 1.807) is 5.56 Å². The lowest BCUT2D eigenvalue weighted by Crippen LogP contribution is -1.95. The third-order valence-corrected chi connectivity index (χ3v) is 3.39. The highest BCUT2D eigenvalue weighted by molar-refractivity contribution is 5.37. The van der Waals surface area contributed by atoms with E-state index in [-0.39, 0.29) is 0 Å². The molecule has 0 aliphatic heterocycles. The molecule has 2 saturated carbocycles. The topological polar surface area (TPSA) is 28.7 Å². The molecule has 0 atom stereocenters. The lowest BCUT2D eigenvalue weighted by Gasteiger charge is -2.07. The van der Waals surface area contributed by atoms with E-state index >= 15 is 0 Å². The average molecular weight is 190 g/mol. The molecule has 1 N–H and O–H groups in total. The van der Waals surface area contributed by atoms with Crippen LogP contribution in [-0.4, -0.2) is 10.2 Å². The Morgan fingerprint density at radius 3 is 2.29 bits per heavy atom. The van der Waals surface area contributed by atoms with Gasteiger partial charge in [-0.25, -0.2) is 0 Å². The summed E-state index contributed by atoms with van der Waals surface area (Å²) in [4.78, 5) is 0. The second-order valence-electron chi connectivity index (χ2n) is 5.14. The number of nitrogens with zero attached hydrogens (tertiary/aromatic N) is 1. The zero-order valence-electron chi connectivity index (χ0n) is 9.01. The van der Waals surface area contributed by atoms with E-state index in [0.29, 0.717) is 5.92 Å². The highest BCUT2D eigenvalue weighted by Gasteiger charge is 2.35. The van der Waals surface area contributed by atoms with Gasteiger partial charge >= 0.3 is 0 Å². The van der Waals surface area contributed by atoms with Crippen LogP contribution in [0, 0.1) is 0 Å². The van der Waals surface area contributed by atoms with Crippen LogP contribution in [0.25, 0.3) is 0 Å². The Labute approximate surface area is 85.1 Å². The number of aromatic nitrogens is 2. The summed E-state index contributed by atoms with van der Waals surface area (Å²) in [5, 5.41) is 7.82. The maximum atomic E-state index is 4.54. The maximum absolute atomic E-state index is 4.54. The van der Waals surface area contributed by atoms with E-state index in [2.05, 4.69) is 24.0 Å². The Kier molecular flexibility index (Phi) is 1.73. The minimum Gasteiger partial charge on any atom is -0.282 e. The molecular weight excluding hydrogens is 172 g/mol. The Hall–Kier alpha value is -0.790. The van der Waals surface area contributed by atoms with Crippen LogP contribution in [-0.2, 0) is 0 Å². The van der Waals surface area contributed by atoms with Crippen LogP contribution in [0.15, 0.2) is 0 Å². The lowest BCUT2D eigenvalue weighted by atomic mass is 9.96. The van der Waals surface area contributed by atoms with Gasteiger partial charge in [0.15, 0.2) is 0 Å². The summed E-state index contributed by atoms with van der Waals surface area (Å²) in [6, 6.07) is 0. The van der Waals surface area contributed by atoms with Crippen LogP contribution in [0.4, 0.5) is 0 Å². The summed E-state index contributed by atoms with van der Waals surface area (Å²) in [6.07, 6.45) is 5.45. The molecule has 1 heterocycles. The van der Waals surface area contributed by atoms with Crippen molar-refractivity contribution < 1.29 is 0 Å². The van der Waals surface area contributed by atoms with Gasteiger partial charge in [0.25, 0.3) is 0 Å². The lowest BCUT2D eigenvalue weighted by molar-refractivity contribution is 0.820. The second-order valence-corrected chi connectivity index (χ2v) is 5.14. The zero-order chi connectivity index (χ0) is 9.71. The van der Waals surface area contributed by atoms with Crippen molar-refractivity contribution in [2.45, 2.75) is 57.3 Å². The standard InChI is InChI=1S/C12H18N2/c1-7(2)10-11(8-3-4-8)13-14-12(10)9-5-6-9/h7-9H,3-6H2,1-2H3,(H,13,14). The molecule has 1 aromatic heterocycles. The van der Waals surface area contributed by atoms with Crippen LogP contribution in [0.1, 0.15) is 74.2 Å². The van der Waals surface area contributed by atoms with Gasteiger partial charge in [-0.3, -0.25) is 5.10 Å². The first-order valence-corrected chi connectivity index (χ1v) is 5.85. The molecule has 2 nitrogen and oxygen atoms in total. The first-order valence-electron chi connectivity index (χ1n) is 5.85. The van der Waals surface area contributed by atoms with E-state index in [1.165, 1.54) is 37.1 Å². The molecule has 3 rings (SSSR count). The minimum absolute atomic E-state index is 0.639. The predicted octanol–water partition coefficient (Wildman–Crippen LogP) is 3.29. The average Bonchev–Trinajstić information content (AvgIpc) is 3.03. The largest absolute Gasteiger partial charge is 0.282 e. The minimum atomic E-state index is 0.639. The fraction of sp³-hybridized carbons (Fsp3) is 0.750. The summed E-state index contributed by atoms with van der Waals surface area (Å²) in [6.45, 7) is 4.59. The molecule has 0 radical (unpaired) electrons. The third kappa shape index (κ3) is 1.28. The summed E-state index contributed by atoms with van der Waals surface area (Å²) in [7, 11) is 0. The molecule has 0 aromatic carbocycles. The number of H-pyrrole nitrogens is 1. The van der Waals surface area contributed by atoms with Crippen LogP contribution < -0.4 is 0 Å². The van der Waals surface area contributed by atoms with Gasteiger partial charge < -0.3 is 0 Å². The summed E-state index contributed by atoms with van der Waals surface area (Å²) in [5.41, 5.74) is 4.40. The molecule has 2 aliphatic rings. The van der Waals surface area contributed by atoms with Crippen molar-refractivity contribution in [1.82, 2.24) is 10.2 Å². The number of nitrogens with one attached hydrogen (secondary N) is 1. The Morgan fingerprint density at radius 2 is 1.79 bits per heavy atom. The fourth-order valence-corrected chi connectivity index (χ4v) is 2.34. The normalized spacial score (nSPS) is 21.9. The van der Waals surface area contributed by atoms with Gasteiger partial charge in [0.05, 0.1) is 5.69 Å². The smallest absolute Gasteiger partial charge is 0.0690 e. The van der Waals surface area contributed by atoms with Gasteiger partial charge in [0, 0.05) is 17.5 Å². The van der Waals surface area contributed by atoms with Crippen molar-refractivity contribution in [2.24, 2.45) is 0 Å². The van der Waals surface area contributed by atoms with Crippen molar-refractivity contribution in [2.75, 3.05) is 0 Å². The maximum Gasteiger partial charge on any atom is 0.0690 e. The Bertz CT molecular complexity index is 314. The van der Waals surface area contributed by atoms with E-state index in [9.17, 15) is 0 Å². The van der Waals surface area contributed by atoms with Gasteiger partial charge in [-0.15, -0.1) is 0 Å². The van der Waals surface area contributed by atoms with E-state index in [0.717, 1.165) is 11.8 Å². The van der Waals surface area contributed by atoms with Gasteiger partial charge in [-0.1, -0.05) is 13.8 Å². The van der Waals surface area contributed by atoms with Crippen molar-refractivity contribution in [1.29, 1.82) is 0 Å². The molecule has 0 saturated heterocycles. The van der Waals surface area contributed by atoms with Crippen molar-refractivity contribution in [3.63, 3.8) is 0 Å². The van der Waals surface area contributed by atoms with Crippen molar-refractivity contribution >= 4 is 0 Å². The Morgan fingerprint density at radius 1 is 1.14 bits per heavy atom. The molecule has 0 bridgehead atoms. The SMILES string of the molecule is CC(C)c1c(C2CC2)n[nH]c1C1CC1. The van der Waals surface area contributed by atoms with E-state index in [4.69, 9.17) is 0 Å². The molecule has 2 heteroatoms. The molecule has 76 valence electrons. The fourth-order valence-electron chi connectivity index (χ4n) is 2.34. The monoisotopic (exact) mass is 190 g/mol. The van der Waals surface area contributed by atoms with Crippen molar-refractivity contribution in [3.8, 4) is 0 Å².